The largest absolute Gasteiger partial charge is 0.338 e. The Hall–Kier alpha value is -1.36. The van der Waals surface area contributed by atoms with Crippen molar-refractivity contribution in [2.45, 2.75) is 51.2 Å². The van der Waals surface area contributed by atoms with E-state index in [1.54, 1.807) is 6.92 Å². The predicted molar refractivity (Wildman–Crippen MR) is 77.0 cm³/mol. The van der Waals surface area contributed by atoms with Crippen molar-refractivity contribution < 1.29 is 4.79 Å². The van der Waals surface area contributed by atoms with E-state index in [1.807, 2.05) is 17.9 Å². The van der Waals surface area contributed by atoms with Crippen molar-refractivity contribution in [3.8, 4) is 0 Å². The molecule has 2 fully saturated rings. The van der Waals surface area contributed by atoms with E-state index in [-0.39, 0.29) is 5.91 Å². The van der Waals surface area contributed by atoms with Gasteiger partial charge in [-0.2, -0.15) is 5.10 Å². The molecule has 1 amide bonds. The summed E-state index contributed by atoms with van der Waals surface area (Å²) < 4.78 is 1.85. The number of aryl methyl sites for hydroxylation is 1. The van der Waals surface area contributed by atoms with E-state index in [0.717, 1.165) is 19.6 Å². The molecule has 20 heavy (non-hydrogen) atoms. The topological polar surface area (TPSA) is 41.4 Å². The Morgan fingerprint density at radius 1 is 1.45 bits per heavy atom. The van der Waals surface area contributed by atoms with Crippen LogP contribution < -0.4 is 0 Å². The first-order chi connectivity index (χ1) is 9.63. The summed E-state index contributed by atoms with van der Waals surface area (Å²) in [6.45, 7) is 4.70. The summed E-state index contributed by atoms with van der Waals surface area (Å²) in [5.74, 6) is 0.237. The van der Waals surface area contributed by atoms with E-state index in [4.69, 9.17) is 0 Å². The van der Waals surface area contributed by atoms with Crippen LogP contribution in [0.3, 0.4) is 0 Å². The van der Waals surface area contributed by atoms with Crippen LogP contribution in [-0.4, -0.2) is 50.7 Å². The van der Waals surface area contributed by atoms with Crippen LogP contribution in [0.2, 0.25) is 0 Å². The zero-order valence-corrected chi connectivity index (χ0v) is 12.5. The lowest BCUT2D eigenvalue weighted by Gasteiger charge is -2.30. The Morgan fingerprint density at radius 2 is 2.25 bits per heavy atom. The molecule has 1 aromatic heterocycles. The van der Waals surface area contributed by atoms with Crippen molar-refractivity contribution in [3.05, 3.63) is 18.0 Å². The molecule has 1 aliphatic carbocycles. The van der Waals surface area contributed by atoms with Gasteiger partial charge in [0.15, 0.2) is 0 Å². The van der Waals surface area contributed by atoms with Crippen LogP contribution in [0.4, 0.5) is 0 Å². The van der Waals surface area contributed by atoms with Gasteiger partial charge in [0.05, 0.1) is 6.20 Å². The van der Waals surface area contributed by atoms with Crippen molar-refractivity contribution >= 4 is 5.91 Å². The van der Waals surface area contributed by atoms with Gasteiger partial charge in [-0.1, -0.05) is 0 Å². The van der Waals surface area contributed by atoms with E-state index >= 15 is 0 Å². The molecule has 0 aromatic carbocycles. The van der Waals surface area contributed by atoms with Gasteiger partial charge in [0.1, 0.15) is 0 Å². The van der Waals surface area contributed by atoms with Gasteiger partial charge in [-0.25, -0.2) is 0 Å². The van der Waals surface area contributed by atoms with Crippen LogP contribution in [0.15, 0.2) is 12.4 Å². The molecule has 1 atom stereocenters. The number of hydrogen-bond donors (Lipinski definition) is 0. The Balaban J connectivity index is 1.61. The number of carbonyl (C=O) groups excluding carboxylic acids is 1. The molecule has 3 rings (SSSR count). The van der Waals surface area contributed by atoms with Crippen LogP contribution in [0.1, 0.15) is 38.2 Å². The highest BCUT2D eigenvalue weighted by Crippen LogP contribution is 2.29. The van der Waals surface area contributed by atoms with Gasteiger partial charge >= 0.3 is 0 Å². The maximum Gasteiger partial charge on any atom is 0.219 e. The molecular weight excluding hydrogens is 252 g/mol. The summed E-state index contributed by atoms with van der Waals surface area (Å²) in [5.41, 5.74) is 1.26. The smallest absolute Gasteiger partial charge is 0.219 e. The quantitative estimate of drug-likeness (QED) is 0.816. The van der Waals surface area contributed by atoms with Crippen molar-refractivity contribution in [1.29, 1.82) is 0 Å². The highest BCUT2D eigenvalue weighted by atomic mass is 16.2. The number of hydrogen-bond acceptors (Lipinski definition) is 3. The molecule has 0 bridgehead atoms. The van der Waals surface area contributed by atoms with Crippen LogP contribution in [0.5, 0.6) is 0 Å². The third-order valence-corrected chi connectivity index (χ3v) is 4.44. The molecule has 1 aliphatic heterocycles. The minimum Gasteiger partial charge on any atom is -0.338 e. The molecular formula is C15H24N4O. The lowest BCUT2D eigenvalue weighted by atomic mass is 10.2. The van der Waals surface area contributed by atoms with Crippen molar-refractivity contribution in [3.63, 3.8) is 0 Å². The molecule has 110 valence electrons. The number of likely N-dealkylation sites (tertiary alicyclic amines) is 1. The van der Waals surface area contributed by atoms with Gasteiger partial charge in [-0.3, -0.25) is 14.4 Å². The fraction of sp³-hybridized carbons (Fsp3) is 0.733. The Bertz CT molecular complexity index is 480. The number of carbonyl (C=O) groups is 1. The molecule has 0 N–H and O–H groups in total. The van der Waals surface area contributed by atoms with Gasteiger partial charge < -0.3 is 4.90 Å². The monoisotopic (exact) mass is 276 g/mol. The minimum atomic E-state index is 0.237. The summed E-state index contributed by atoms with van der Waals surface area (Å²) >= 11 is 0. The highest BCUT2D eigenvalue weighted by Gasteiger charge is 2.35. The summed E-state index contributed by atoms with van der Waals surface area (Å²) in [7, 11) is 1.95. The molecule has 1 saturated carbocycles. The Kier molecular flexibility index (Phi) is 3.78. The highest BCUT2D eigenvalue weighted by molar-refractivity contribution is 5.74. The molecule has 1 aromatic rings. The van der Waals surface area contributed by atoms with Gasteiger partial charge in [0.2, 0.25) is 5.91 Å². The maximum atomic E-state index is 11.8. The maximum absolute atomic E-state index is 11.8. The molecule has 0 radical (unpaired) electrons. The zero-order chi connectivity index (χ0) is 14.1. The van der Waals surface area contributed by atoms with Crippen LogP contribution in [0.25, 0.3) is 0 Å². The first-order valence-corrected chi connectivity index (χ1v) is 7.62. The molecule has 0 unspecified atom stereocenters. The predicted octanol–water partition coefficient (Wildman–Crippen LogP) is 1.40. The second-order valence-corrected chi connectivity index (χ2v) is 6.19. The first kappa shape index (κ1) is 13.6. The average Bonchev–Trinajstić information content (AvgIpc) is 3.02. The summed E-state index contributed by atoms with van der Waals surface area (Å²) in [5, 5.41) is 4.24. The second kappa shape index (κ2) is 5.56. The minimum absolute atomic E-state index is 0.237. The van der Waals surface area contributed by atoms with E-state index in [0.29, 0.717) is 12.1 Å². The van der Waals surface area contributed by atoms with Gasteiger partial charge in [-0.15, -0.1) is 0 Å². The molecule has 0 spiro atoms. The number of nitrogens with zero attached hydrogens (tertiary/aromatic N) is 4. The van der Waals surface area contributed by atoms with E-state index < -0.39 is 0 Å². The summed E-state index contributed by atoms with van der Waals surface area (Å²) in [6.07, 6.45) is 8.85. The molecule has 5 nitrogen and oxygen atoms in total. The van der Waals surface area contributed by atoms with Gasteiger partial charge in [0.25, 0.3) is 0 Å². The molecule has 1 saturated heterocycles. The van der Waals surface area contributed by atoms with E-state index in [2.05, 4.69) is 21.1 Å². The van der Waals surface area contributed by atoms with E-state index in [9.17, 15) is 4.79 Å². The van der Waals surface area contributed by atoms with E-state index in [1.165, 1.54) is 31.2 Å². The zero-order valence-electron chi connectivity index (χ0n) is 12.5. The second-order valence-electron chi connectivity index (χ2n) is 6.19. The molecule has 2 aliphatic rings. The molecule has 2 heterocycles. The van der Waals surface area contributed by atoms with Gasteiger partial charge in [-0.05, 0) is 32.2 Å². The lowest BCUT2D eigenvalue weighted by molar-refractivity contribution is -0.130. The third kappa shape index (κ3) is 3.03. The third-order valence-electron chi connectivity index (χ3n) is 4.44. The fourth-order valence-corrected chi connectivity index (χ4v) is 3.25. The summed E-state index contributed by atoms with van der Waals surface area (Å²) in [4.78, 5) is 16.4. The van der Waals surface area contributed by atoms with Crippen LogP contribution in [0, 0.1) is 0 Å². The Morgan fingerprint density at radius 3 is 2.85 bits per heavy atom. The normalized spacial score (nSPS) is 23.2. The number of rotatable bonds is 5. The molecule has 5 heteroatoms. The standard InChI is InChI=1S/C15H24N4O/c1-12(20)19(14-5-6-14)11-15-4-3-7-18(15)10-13-8-16-17(2)9-13/h8-9,14-15H,3-7,10-11H2,1-2H3/t15-/m0/s1. The SMILES string of the molecule is CC(=O)N(C[C@@H]1CCCN1Cc1cnn(C)c1)C1CC1. The van der Waals surface area contributed by atoms with Crippen molar-refractivity contribution in [2.24, 2.45) is 7.05 Å². The van der Waals surface area contributed by atoms with Crippen LogP contribution >= 0.6 is 0 Å². The van der Waals surface area contributed by atoms with Crippen LogP contribution in [-0.2, 0) is 18.4 Å². The van der Waals surface area contributed by atoms with Gasteiger partial charge in [0, 0.05) is 50.9 Å². The number of aromatic nitrogens is 2. The Labute approximate surface area is 120 Å². The lowest BCUT2D eigenvalue weighted by Crippen LogP contribution is -2.43. The first-order valence-electron chi connectivity index (χ1n) is 7.62. The average molecular weight is 276 g/mol. The fourth-order valence-electron chi connectivity index (χ4n) is 3.25. The summed E-state index contributed by atoms with van der Waals surface area (Å²) in [6, 6.07) is 1.04. The van der Waals surface area contributed by atoms with Crippen molar-refractivity contribution in [2.75, 3.05) is 13.1 Å². The van der Waals surface area contributed by atoms with Crippen molar-refractivity contribution in [1.82, 2.24) is 19.6 Å². The number of amides is 1.